The number of halogens is 3. The van der Waals surface area contributed by atoms with E-state index in [0.29, 0.717) is 16.9 Å². The number of nitriles is 1. The highest BCUT2D eigenvalue weighted by molar-refractivity contribution is 5.81. The highest BCUT2D eigenvalue weighted by Crippen LogP contribution is 2.32. The lowest BCUT2D eigenvalue weighted by atomic mass is 10.1. The minimum atomic E-state index is -4.39. The second-order valence-electron chi connectivity index (χ2n) is 6.76. The third kappa shape index (κ3) is 4.63. The van der Waals surface area contributed by atoms with Crippen molar-refractivity contribution in [2.75, 3.05) is 0 Å². The molecule has 1 amide bonds. The Balaban J connectivity index is 1.71. The van der Waals surface area contributed by atoms with Gasteiger partial charge in [0.25, 0.3) is 5.91 Å². The van der Waals surface area contributed by atoms with Crippen LogP contribution in [0.3, 0.4) is 0 Å². The molecular formula is C21H19F3N2O2. The first-order chi connectivity index (χ1) is 13.3. The summed E-state index contributed by atoms with van der Waals surface area (Å²) in [5.74, 6) is 0.0752. The molecule has 0 aromatic heterocycles. The standard InChI is InChI=1S/C21H19F3N2O2/c1-14(28-19-5-3-2-4-16(19)12-25)20(27)26(18-10-11-18)13-15-6-8-17(9-7-15)21(22,23)24/h2-9,14,18H,10-11,13H2,1H3. The Bertz CT molecular complexity index is 884. The number of benzene rings is 2. The fraction of sp³-hybridized carbons (Fsp3) is 0.333. The van der Waals surface area contributed by atoms with E-state index in [-0.39, 0.29) is 18.5 Å². The predicted octanol–water partition coefficient (Wildman–Crippen LogP) is 4.54. The van der Waals surface area contributed by atoms with E-state index in [1.807, 2.05) is 6.07 Å². The number of para-hydroxylation sites is 1. The number of alkyl halides is 3. The molecule has 1 unspecified atom stereocenters. The fourth-order valence-electron chi connectivity index (χ4n) is 2.91. The molecule has 28 heavy (non-hydrogen) atoms. The molecule has 2 aromatic carbocycles. The van der Waals surface area contributed by atoms with E-state index < -0.39 is 17.8 Å². The van der Waals surface area contributed by atoms with E-state index in [0.717, 1.165) is 25.0 Å². The third-order valence-electron chi connectivity index (χ3n) is 4.56. The summed E-state index contributed by atoms with van der Waals surface area (Å²) in [6.07, 6.45) is -3.49. The van der Waals surface area contributed by atoms with Crippen LogP contribution in [0.4, 0.5) is 13.2 Å². The van der Waals surface area contributed by atoms with Crippen molar-refractivity contribution in [3.05, 3.63) is 65.2 Å². The molecule has 3 rings (SSSR count). The Morgan fingerprint density at radius 1 is 1.21 bits per heavy atom. The van der Waals surface area contributed by atoms with Crippen molar-refractivity contribution in [1.29, 1.82) is 5.26 Å². The lowest BCUT2D eigenvalue weighted by molar-refractivity contribution is -0.139. The van der Waals surface area contributed by atoms with Gasteiger partial charge in [-0.25, -0.2) is 0 Å². The normalized spacial score (nSPS) is 14.8. The van der Waals surface area contributed by atoms with Gasteiger partial charge in [0.05, 0.1) is 11.1 Å². The predicted molar refractivity (Wildman–Crippen MR) is 96.3 cm³/mol. The molecule has 0 radical (unpaired) electrons. The molecule has 2 aromatic rings. The number of hydrogen-bond donors (Lipinski definition) is 0. The van der Waals surface area contributed by atoms with Crippen molar-refractivity contribution in [2.45, 2.75) is 44.6 Å². The molecular weight excluding hydrogens is 369 g/mol. The first kappa shape index (κ1) is 19.7. The van der Waals surface area contributed by atoms with E-state index in [1.165, 1.54) is 12.1 Å². The smallest absolute Gasteiger partial charge is 0.416 e. The zero-order valence-electron chi connectivity index (χ0n) is 15.2. The summed E-state index contributed by atoms with van der Waals surface area (Å²) < 4.78 is 43.9. The van der Waals surface area contributed by atoms with Crippen molar-refractivity contribution in [3.63, 3.8) is 0 Å². The van der Waals surface area contributed by atoms with Crippen LogP contribution >= 0.6 is 0 Å². The first-order valence-electron chi connectivity index (χ1n) is 8.92. The average molecular weight is 388 g/mol. The molecule has 0 bridgehead atoms. The van der Waals surface area contributed by atoms with E-state index in [2.05, 4.69) is 0 Å². The van der Waals surface area contributed by atoms with Gasteiger partial charge in [0.2, 0.25) is 0 Å². The number of amides is 1. The van der Waals surface area contributed by atoms with Gasteiger partial charge in [0.1, 0.15) is 11.8 Å². The number of carbonyl (C=O) groups excluding carboxylic acids is 1. The van der Waals surface area contributed by atoms with Crippen molar-refractivity contribution >= 4 is 5.91 Å². The lowest BCUT2D eigenvalue weighted by Crippen LogP contribution is -2.41. The maximum atomic E-state index is 12.9. The second-order valence-corrected chi connectivity index (χ2v) is 6.76. The molecule has 1 fully saturated rings. The van der Waals surface area contributed by atoms with Gasteiger partial charge in [-0.05, 0) is 49.6 Å². The summed E-state index contributed by atoms with van der Waals surface area (Å²) in [6.45, 7) is 1.83. The molecule has 146 valence electrons. The van der Waals surface area contributed by atoms with Gasteiger partial charge in [-0.1, -0.05) is 24.3 Å². The van der Waals surface area contributed by atoms with E-state index in [4.69, 9.17) is 10.00 Å². The van der Waals surface area contributed by atoms with Crippen LogP contribution in [-0.2, 0) is 17.5 Å². The van der Waals surface area contributed by atoms with Crippen LogP contribution in [0.5, 0.6) is 5.75 Å². The van der Waals surface area contributed by atoms with Gasteiger partial charge < -0.3 is 9.64 Å². The summed E-state index contributed by atoms with van der Waals surface area (Å²) in [5, 5.41) is 9.15. The van der Waals surface area contributed by atoms with Crippen LogP contribution in [0.2, 0.25) is 0 Å². The number of hydrogen-bond acceptors (Lipinski definition) is 3. The largest absolute Gasteiger partial charge is 0.480 e. The van der Waals surface area contributed by atoms with Crippen LogP contribution in [-0.4, -0.2) is 23.0 Å². The topological polar surface area (TPSA) is 53.3 Å². The van der Waals surface area contributed by atoms with Crippen molar-refractivity contribution < 1.29 is 22.7 Å². The summed E-state index contributed by atoms with van der Waals surface area (Å²) in [7, 11) is 0. The Hall–Kier alpha value is -3.01. The van der Waals surface area contributed by atoms with Crippen LogP contribution in [0.25, 0.3) is 0 Å². The minimum Gasteiger partial charge on any atom is -0.480 e. The summed E-state index contributed by atoms with van der Waals surface area (Å²) >= 11 is 0. The average Bonchev–Trinajstić information content (AvgIpc) is 3.50. The number of nitrogens with zero attached hydrogens (tertiary/aromatic N) is 2. The molecule has 1 atom stereocenters. The Morgan fingerprint density at radius 2 is 1.86 bits per heavy atom. The molecule has 0 aliphatic heterocycles. The highest BCUT2D eigenvalue weighted by Gasteiger charge is 2.36. The Morgan fingerprint density at radius 3 is 2.43 bits per heavy atom. The number of ether oxygens (including phenoxy) is 1. The molecule has 0 spiro atoms. The van der Waals surface area contributed by atoms with Crippen molar-refractivity contribution in [3.8, 4) is 11.8 Å². The molecule has 4 nitrogen and oxygen atoms in total. The van der Waals surface area contributed by atoms with E-state index in [9.17, 15) is 18.0 Å². The molecule has 0 N–H and O–H groups in total. The fourth-order valence-corrected chi connectivity index (χ4v) is 2.91. The zero-order valence-corrected chi connectivity index (χ0v) is 15.2. The lowest BCUT2D eigenvalue weighted by Gasteiger charge is -2.26. The molecule has 1 saturated carbocycles. The summed E-state index contributed by atoms with van der Waals surface area (Å²) in [6, 6.07) is 13.6. The highest BCUT2D eigenvalue weighted by atomic mass is 19.4. The zero-order chi connectivity index (χ0) is 20.3. The van der Waals surface area contributed by atoms with Crippen LogP contribution in [0, 0.1) is 11.3 Å². The second kappa shape index (κ2) is 7.93. The third-order valence-corrected chi connectivity index (χ3v) is 4.56. The Kier molecular flexibility index (Phi) is 5.59. The maximum Gasteiger partial charge on any atom is 0.416 e. The molecule has 0 heterocycles. The summed E-state index contributed by atoms with van der Waals surface area (Å²) in [4.78, 5) is 14.5. The molecule has 0 saturated heterocycles. The monoisotopic (exact) mass is 388 g/mol. The number of rotatable bonds is 6. The van der Waals surface area contributed by atoms with E-state index >= 15 is 0 Å². The van der Waals surface area contributed by atoms with Crippen LogP contribution in [0.1, 0.15) is 36.5 Å². The van der Waals surface area contributed by atoms with Gasteiger partial charge >= 0.3 is 6.18 Å². The van der Waals surface area contributed by atoms with Gasteiger partial charge in [0, 0.05) is 12.6 Å². The van der Waals surface area contributed by atoms with Gasteiger partial charge in [-0.2, -0.15) is 18.4 Å². The van der Waals surface area contributed by atoms with Crippen molar-refractivity contribution in [1.82, 2.24) is 4.90 Å². The van der Waals surface area contributed by atoms with Gasteiger partial charge in [-0.3, -0.25) is 4.79 Å². The van der Waals surface area contributed by atoms with E-state index in [1.54, 1.807) is 36.1 Å². The van der Waals surface area contributed by atoms with Crippen LogP contribution < -0.4 is 4.74 Å². The Labute approximate surface area is 161 Å². The van der Waals surface area contributed by atoms with Crippen molar-refractivity contribution in [2.24, 2.45) is 0 Å². The van der Waals surface area contributed by atoms with Gasteiger partial charge in [0.15, 0.2) is 6.10 Å². The molecule has 1 aliphatic carbocycles. The van der Waals surface area contributed by atoms with Crippen LogP contribution in [0.15, 0.2) is 48.5 Å². The molecule has 1 aliphatic rings. The quantitative estimate of drug-likeness (QED) is 0.730. The molecule has 7 heteroatoms. The maximum absolute atomic E-state index is 12.9. The minimum absolute atomic E-state index is 0.0621. The SMILES string of the molecule is CC(Oc1ccccc1C#N)C(=O)N(Cc1ccc(C(F)(F)F)cc1)C1CC1. The first-order valence-corrected chi connectivity index (χ1v) is 8.92. The summed E-state index contributed by atoms with van der Waals surface area (Å²) in [5.41, 5.74) is 0.242. The van der Waals surface area contributed by atoms with Gasteiger partial charge in [-0.15, -0.1) is 0 Å². The number of carbonyl (C=O) groups is 1.